The summed E-state index contributed by atoms with van der Waals surface area (Å²) in [6.07, 6.45) is 0. The number of nitrogens with one attached hydrogen (secondary N) is 2. The van der Waals surface area contributed by atoms with Crippen molar-refractivity contribution in [2.24, 2.45) is 0 Å². The standard InChI is InChI=1S/C18H30N4O/c1-4-21-10-12-22(13-11-21)18(2,3)15-20-17(23)19-14-16-8-6-5-7-9-16/h5-9H,4,10-15H2,1-3H3,(H2,19,20,23). The summed E-state index contributed by atoms with van der Waals surface area (Å²) in [5, 5.41) is 5.92. The van der Waals surface area contributed by atoms with Crippen molar-refractivity contribution in [1.82, 2.24) is 20.4 Å². The van der Waals surface area contributed by atoms with Crippen LogP contribution in [0.2, 0.25) is 0 Å². The molecule has 0 spiro atoms. The molecule has 128 valence electrons. The van der Waals surface area contributed by atoms with Crippen molar-refractivity contribution in [2.45, 2.75) is 32.9 Å². The van der Waals surface area contributed by atoms with E-state index in [1.54, 1.807) is 0 Å². The fourth-order valence-electron chi connectivity index (χ4n) is 2.92. The zero-order valence-corrected chi connectivity index (χ0v) is 14.6. The van der Waals surface area contributed by atoms with E-state index in [4.69, 9.17) is 0 Å². The first-order chi connectivity index (χ1) is 11.0. The molecule has 1 saturated heterocycles. The summed E-state index contributed by atoms with van der Waals surface area (Å²) >= 11 is 0. The molecule has 0 unspecified atom stereocenters. The highest BCUT2D eigenvalue weighted by molar-refractivity contribution is 5.73. The van der Waals surface area contributed by atoms with Crippen LogP contribution < -0.4 is 10.6 Å². The largest absolute Gasteiger partial charge is 0.336 e. The minimum Gasteiger partial charge on any atom is -0.336 e. The first-order valence-electron chi connectivity index (χ1n) is 8.54. The number of rotatable bonds is 6. The lowest BCUT2D eigenvalue weighted by Crippen LogP contribution is -2.58. The van der Waals surface area contributed by atoms with Crippen LogP contribution in [-0.4, -0.2) is 60.6 Å². The average molecular weight is 318 g/mol. The van der Waals surface area contributed by atoms with E-state index < -0.39 is 0 Å². The lowest BCUT2D eigenvalue weighted by molar-refractivity contribution is 0.0555. The Hall–Kier alpha value is -1.59. The summed E-state index contributed by atoms with van der Waals surface area (Å²) in [5.41, 5.74) is 1.08. The van der Waals surface area contributed by atoms with Gasteiger partial charge in [-0.3, -0.25) is 4.90 Å². The van der Waals surface area contributed by atoms with Crippen LogP contribution in [0.4, 0.5) is 4.79 Å². The zero-order valence-electron chi connectivity index (χ0n) is 14.6. The van der Waals surface area contributed by atoms with Gasteiger partial charge in [-0.05, 0) is 26.0 Å². The number of benzene rings is 1. The van der Waals surface area contributed by atoms with E-state index >= 15 is 0 Å². The maximum absolute atomic E-state index is 12.0. The van der Waals surface area contributed by atoms with Crippen molar-refractivity contribution in [1.29, 1.82) is 0 Å². The molecule has 1 aromatic carbocycles. The van der Waals surface area contributed by atoms with Gasteiger partial charge in [-0.2, -0.15) is 0 Å². The molecule has 5 nitrogen and oxygen atoms in total. The van der Waals surface area contributed by atoms with Gasteiger partial charge in [0.15, 0.2) is 0 Å². The second-order valence-corrected chi connectivity index (χ2v) is 6.76. The van der Waals surface area contributed by atoms with Gasteiger partial charge < -0.3 is 15.5 Å². The van der Waals surface area contributed by atoms with Gasteiger partial charge in [-0.15, -0.1) is 0 Å². The predicted octanol–water partition coefficient (Wildman–Crippen LogP) is 1.90. The summed E-state index contributed by atoms with van der Waals surface area (Å²) < 4.78 is 0. The second kappa shape index (κ2) is 8.31. The number of likely N-dealkylation sites (N-methyl/N-ethyl adjacent to an activating group) is 1. The monoisotopic (exact) mass is 318 g/mol. The molecule has 0 radical (unpaired) electrons. The summed E-state index contributed by atoms with van der Waals surface area (Å²) in [4.78, 5) is 16.9. The normalized spacial score (nSPS) is 17.0. The van der Waals surface area contributed by atoms with Gasteiger partial charge in [0.25, 0.3) is 0 Å². The lowest BCUT2D eigenvalue weighted by atomic mass is 10.0. The van der Waals surface area contributed by atoms with E-state index in [0.717, 1.165) is 38.3 Å². The second-order valence-electron chi connectivity index (χ2n) is 6.76. The van der Waals surface area contributed by atoms with Crippen LogP contribution in [0.3, 0.4) is 0 Å². The first kappa shape index (κ1) is 17.8. The maximum atomic E-state index is 12.0. The van der Waals surface area contributed by atoms with E-state index in [0.29, 0.717) is 13.1 Å². The maximum Gasteiger partial charge on any atom is 0.315 e. The molecule has 1 heterocycles. The van der Waals surface area contributed by atoms with E-state index in [9.17, 15) is 4.79 Å². The van der Waals surface area contributed by atoms with Gasteiger partial charge >= 0.3 is 6.03 Å². The van der Waals surface area contributed by atoms with E-state index in [-0.39, 0.29) is 11.6 Å². The van der Waals surface area contributed by atoms with Crippen LogP contribution in [-0.2, 0) is 6.54 Å². The molecule has 23 heavy (non-hydrogen) atoms. The number of hydrogen-bond acceptors (Lipinski definition) is 3. The summed E-state index contributed by atoms with van der Waals surface area (Å²) in [6.45, 7) is 13.3. The van der Waals surface area contributed by atoms with Crippen molar-refractivity contribution < 1.29 is 4.79 Å². The molecule has 1 fully saturated rings. The Morgan fingerprint density at radius 1 is 1.09 bits per heavy atom. The highest BCUT2D eigenvalue weighted by Gasteiger charge is 2.29. The number of carbonyl (C=O) groups excluding carboxylic acids is 1. The van der Waals surface area contributed by atoms with Crippen molar-refractivity contribution >= 4 is 6.03 Å². The number of amides is 2. The van der Waals surface area contributed by atoms with Gasteiger partial charge in [0, 0.05) is 44.8 Å². The number of carbonyl (C=O) groups is 1. The van der Waals surface area contributed by atoms with Crippen LogP contribution >= 0.6 is 0 Å². The molecule has 0 bridgehead atoms. The van der Waals surface area contributed by atoms with E-state index in [1.165, 1.54) is 0 Å². The molecule has 1 aromatic rings. The predicted molar refractivity (Wildman–Crippen MR) is 94.4 cm³/mol. The third kappa shape index (κ3) is 5.52. The Kier molecular flexibility index (Phi) is 6.42. The highest BCUT2D eigenvalue weighted by atomic mass is 16.2. The molecule has 0 saturated carbocycles. The minimum absolute atomic E-state index is 0.0239. The molecule has 5 heteroatoms. The summed E-state index contributed by atoms with van der Waals surface area (Å²) in [5.74, 6) is 0. The van der Waals surface area contributed by atoms with E-state index in [1.807, 2.05) is 30.3 Å². The van der Waals surface area contributed by atoms with Crippen molar-refractivity contribution in [3.8, 4) is 0 Å². The molecule has 1 aliphatic rings. The van der Waals surface area contributed by atoms with Gasteiger partial charge in [0.1, 0.15) is 0 Å². The molecule has 1 aliphatic heterocycles. The van der Waals surface area contributed by atoms with Gasteiger partial charge in [0.2, 0.25) is 0 Å². The molecule has 0 aromatic heterocycles. The Labute approximate surface area is 140 Å². The van der Waals surface area contributed by atoms with Crippen LogP contribution in [0, 0.1) is 0 Å². The van der Waals surface area contributed by atoms with Crippen LogP contribution in [0.1, 0.15) is 26.3 Å². The number of hydrogen-bond donors (Lipinski definition) is 2. The first-order valence-corrected chi connectivity index (χ1v) is 8.54. The van der Waals surface area contributed by atoms with Crippen molar-refractivity contribution in [2.75, 3.05) is 39.3 Å². The molecule has 0 aliphatic carbocycles. The van der Waals surface area contributed by atoms with Crippen molar-refractivity contribution in [3.05, 3.63) is 35.9 Å². The number of urea groups is 1. The SMILES string of the molecule is CCN1CCN(C(C)(C)CNC(=O)NCc2ccccc2)CC1. The highest BCUT2D eigenvalue weighted by Crippen LogP contribution is 2.16. The Balaban J connectivity index is 1.72. The van der Waals surface area contributed by atoms with Gasteiger partial charge in [-0.25, -0.2) is 4.79 Å². The molecular formula is C18H30N4O. The fourth-order valence-corrected chi connectivity index (χ4v) is 2.92. The quantitative estimate of drug-likeness (QED) is 0.842. The average Bonchev–Trinajstić information content (AvgIpc) is 2.59. The fraction of sp³-hybridized carbons (Fsp3) is 0.611. The third-order valence-electron chi connectivity index (χ3n) is 4.65. The molecule has 2 amide bonds. The Morgan fingerprint density at radius 3 is 2.35 bits per heavy atom. The Bertz CT molecular complexity index is 481. The van der Waals surface area contributed by atoms with Gasteiger partial charge in [0.05, 0.1) is 0 Å². The Morgan fingerprint density at radius 2 is 1.74 bits per heavy atom. The van der Waals surface area contributed by atoms with Gasteiger partial charge in [-0.1, -0.05) is 37.3 Å². The minimum atomic E-state index is -0.103. The summed E-state index contributed by atoms with van der Waals surface area (Å²) in [7, 11) is 0. The summed E-state index contributed by atoms with van der Waals surface area (Å²) in [6, 6.07) is 9.86. The number of nitrogens with zero attached hydrogens (tertiary/aromatic N) is 2. The molecule has 0 atom stereocenters. The van der Waals surface area contributed by atoms with Crippen LogP contribution in [0.25, 0.3) is 0 Å². The zero-order chi connectivity index (χ0) is 16.7. The van der Waals surface area contributed by atoms with Crippen LogP contribution in [0.15, 0.2) is 30.3 Å². The third-order valence-corrected chi connectivity index (χ3v) is 4.65. The van der Waals surface area contributed by atoms with Crippen molar-refractivity contribution in [3.63, 3.8) is 0 Å². The smallest absolute Gasteiger partial charge is 0.315 e. The van der Waals surface area contributed by atoms with E-state index in [2.05, 4.69) is 41.2 Å². The molecule has 2 N–H and O–H groups in total. The van der Waals surface area contributed by atoms with Crippen LogP contribution in [0.5, 0.6) is 0 Å². The molecule has 2 rings (SSSR count). The lowest BCUT2D eigenvalue weighted by Gasteiger charge is -2.44. The number of piperazine rings is 1. The topological polar surface area (TPSA) is 47.6 Å². The molecular weight excluding hydrogens is 288 g/mol.